The van der Waals surface area contributed by atoms with Crippen molar-refractivity contribution >= 4 is 0 Å². The largest absolute Gasteiger partial charge is 0.220 e. The Hall–Kier alpha value is -1.64. The molecule has 84 valence electrons. The van der Waals surface area contributed by atoms with Crippen molar-refractivity contribution in [3.05, 3.63) is 42.2 Å². The third kappa shape index (κ3) is 2.69. The molecule has 1 aromatic carbocycles. The van der Waals surface area contributed by atoms with Crippen LogP contribution in [0.4, 0.5) is 0 Å². The molecule has 0 aliphatic rings. The summed E-state index contributed by atoms with van der Waals surface area (Å²) in [5.41, 5.74) is 2.34. The molecule has 0 saturated carbocycles. The van der Waals surface area contributed by atoms with Crippen molar-refractivity contribution in [1.29, 1.82) is 0 Å². The summed E-state index contributed by atoms with van der Waals surface area (Å²) in [5, 5.41) is 8.33. The first-order valence-electron chi connectivity index (χ1n) is 5.51. The lowest BCUT2D eigenvalue weighted by molar-refractivity contribution is 0.406. The van der Waals surface area contributed by atoms with Gasteiger partial charge >= 0.3 is 0 Å². The fourth-order valence-corrected chi connectivity index (χ4v) is 1.63. The van der Waals surface area contributed by atoms with Crippen LogP contribution in [0.25, 0.3) is 5.69 Å². The zero-order valence-electron chi connectivity index (χ0n) is 10.0. The van der Waals surface area contributed by atoms with Gasteiger partial charge in [0.05, 0.1) is 17.6 Å². The predicted molar refractivity (Wildman–Crippen MR) is 64.5 cm³/mol. The molecule has 1 aromatic heterocycles. The Balaban J connectivity index is 2.21. The third-order valence-electron chi connectivity index (χ3n) is 2.27. The molecule has 1 heterocycles. The minimum atomic E-state index is 0.248. The normalized spacial score (nSPS) is 11.7. The highest BCUT2D eigenvalue weighted by Gasteiger charge is 2.14. The van der Waals surface area contributed by atoms with E-state index in [1.807, 2.05) is 41.2 Å². The molecular weight excluding hydrogens is 198 g/mol. The SMILES string of the molecule is CC(C)(C)Cc1cn(-c2ccccc2)nn1. The van der Waals surface area contributed by atoms with Gasteiger partial charge in [0.25, 0.3) is 0 Å². The Morgan fingerprint density at radius 3 is 2.44 bits per heavy atom. The van der Waals surface area contributed by atoms with E-state index in [4.69, 9.17) is 0 Å². The molecule has 0 N–H and O–H groups in total. The molecule has 3 nitrogen and oxygen atoms in total. The van der Waals surface area contributed by atoms with E-state index in [-0.39, 0.29) is 5.41 Å². The zero-order chi connectivity index (χ0) is 11.6. The van der Waals surface area contributed by atoms with Gasteiger partial charge in [-0.05, 0) is 24.0 Å². The second-order valence-electron chi connectivity index (χ2n) is 5.23. The van der Waals surface area contributed by atoms with Crippen LogP contribution in [-0.2, 0) is 6.42 Å². The van der Waals surface area contributed by atoms with E-state index in [9.17, 15) is 0 Å². The Kier molecular flexibility index (Phi) is 2.77. The highest BCUT2D eigenvalue weighted by atomic mass is 15.4. The average molecular weight is 215 g/mol. The lowest BCUT2D eigenvalue weighted by Crippen LogP contribution is -2.09. The molecule has 0 spiro atoms. The second kappa shape index (κ2) is 4.08. The standard InChI is InChI=1S/C13H17N3/c1-13(2,3)9-11-10-16(15-14-11)12-7-5-4-6-8-12/h4-8,10H,9H2,1-3H3. The monoisotopic (exact) mass is 215 g/mol. The summed E-state index contributed by atoms with van der Waals surface area (Å²) in [6.07, 6.45) is 2.94. The van der Waals surface area contributed by atoms with Crippen molar-refractivity contribution in [1.82, 2.24) is 15.0 Å². The quantitative estimate of drug-likeness (QED) is 0.771. The number of rotatable bonds is 2. The maximum atomic E-state index is 4.19. The van der Waals surface area contributed by atoms with Gasteiger partial charge in [0.15, 0.2) is 0 Å². The Morgan fingerprint density at radius 2 is 1.81 bits per heavy atom. The van der Waals surface area contributed by atoms with Gasteiger partial charge in [-0.3, -0.25) is 0 Å². The van der Waals surface area contributed by atoms with Crippen LogP contribution in [0.1, 0.15) is 26.5 Å². The first-order chi connectivity index (χ1) is 7.54. The van der Waals surface area contributed by atoms with Crippen molar-refractivity contribution in [3.8, 4) is 5.69 Å². The first-order valence-corrected chi connectivity index (χ1v) is 5.51. The molecule has 16 heavy (non-hydrogen) atoms. The van der Waals surface area contributed by atoms with Crippen LogP contribution in [0.3, 0.4) is 0 Å². The number of benzene rings is 1. The molecule has 0 atom stereocenters. The van der Waals surface area contributed by atoms with Gasteiger partial charge in [0.1, 0.15) is 0 Å². The van der Waals surface area contributed by atoms with Crippen LogP contribution >= 0.6 is 0 Å². The van der Waals surface area contributed by atoms with Gasteiger partial charge in [-0.1, -0.05) is 44.2 Å². The molecule has 0 saturated heterocycles. The summed E-state index contributed by atoms with van der Waals surface area (Å²) >= 11 is 0. The Labute approximate surface area is 96.1 Å². The number of hydrogen-bond acceptors (Lipinski definition) is 2. The molecular formula is C13H17N3. The van der Waals surface area contributed by atoms with Gasteiger partial charge in [-0.2, -0.15) is 0 Å². The zero-order valence-corrected chi connectivity index (χ0v) is 10.0. The molecule has 0 fully saturated rings. The molecule has 0 radical (unpaired) electrons. The van der Waals surface area contributed by atoms with Gasteiger partial charge in [0.2, 0.25) is 0 Å². The van der Waals surface area contributed by atoms with Crippen molar-refractivity contribution < 1.29 is 0 Å². The summed E-state index contributed by atoms with van der Waals surface area (Å²) in [5.74, 6) is 0. The number of para-hydroxylation sites is 1. The van der Waals surface area contributed by atoms with Crippen LogP contribution < -0.4 is 0 Å². The van der Waals surface area contributed by atoms with Gasteiger partial charge in [0, 0.05) is 0 Å². The van der Waals surface area contributed by atoms with E-state index in [0.717, 1.165) is 17.8 Å². The summed E-state index contributed by atoms with van der Waals surface area (Å²) in [4.78, 5) is 0. The lowest BCUT2D eigenvalue weighted by atomic mass is 9.91. The molecule has 0 aliphatic carbocycles. The van der Waals surface area contributed by atoms with Gasteiger partial charge in [-0.25, -0.2) is 4.68 Å². The van der Waals surface area contributed by atoms with Crippen molar-refractivity contribution in [2.45, 2.75) is 27.2 Å². The van der Waals surface area contributed by atoms with Crippen molar-refractivity contribution in [2.24, 2.45) is 5.41 Å². The molecule has 0 unspecified atom stereocenters. The van der Waals surface area contributed by atoms with Gasteiger partial charge in [-0.15, -0.1) is 5.10 Å². The van der Waals surface area contributed by atoms with Gasteiger partial charge < -0.3 is 0 Å². The first kappa shape index (κ1) is 10.9. The summed E-state index contributed by atoms with van der Waals surface area (Å²) in [6.45, 7) is 6.61. The smallest absolute Gasteiger partial charge is 0.0837 e. The highest BCUT2D eigenvalue weighted by molar-refractivity contribution is 5.29. The number of hydrogen-bond donors (Lipinski definition) is 0. The summed E-state index contributed by atoms with van der Waals surface area (Å²) in [6, 6.07) is 10.0. The highest BCUT2D eigenvalue weighted by Crippen LogP contribution is 2.19. The topological polar surface area (TPSA) is 30.7 Å². The van der Waals surface area contributed by atoms with Crippen molar-refractivity contribution in [2.75, 3.05) is 0 Å². The predicted octanol–water partition coefficient (Wildman–Crippen LogP) is 2.86. The van der Waals surface area contributed by atoms with Crippen LogP contribution in [-0.4, -0.2) is 15.0 Å². The Morgan fingerprint density at radius 1 is 1.12 bits per heavy atom. The second-order valence-corrected chi connectivity index (χ2v) is 5.23. The van der Waals surface area contributed by atoms with E-state index in [1.54, 1.807) is 0 Å². The maximum absolute atomic E-state index is 4.19. The molecule has 0 aliphatic heterocycles. The minimum Gasteiger partial charge on any atom is -0.220 e. The van der Waals surface area contributed by atoms with Crippen molar-refractivity contribution in [3.63, 3.8) is 0 Å². The maximum Gasteiger partial charge on any atom is 0.0837 e. The van der Waals surface area contributed by atoms with Crippen LogP contribution in [0.15, 0.2) is 36.5 Å². The summed E-state index contributed by atoms with van der Waals surface area (Å²) < 4.78 is 1.82. The fourth-order valence-electron chi connectivity index (χ4n) is 1.63. The number of nitrogens with zero attached hydrogens (tertiary/aromatic N) is 3. The minimum absolute atomic E-state index is 0.248. The van der Waals surface area contributed by atoms with Crippen LogP contribution in [0.2, 0.25) is 0 Å². The number of aromatic nitrogens is 3. The molecule has 2 aromatic rings. The molecule has 2 rings (SSSR count). The molecule has 3 heteroatoms. The summed E-state index contributed by atoms with van der Waals surface area (Å²) in [7, 11) is 0. The van der Waals surface area contributed by atoms with E-state index < -0.39 is 0 Å². The third-order valence-corrected chi connectivity index (χ3v) is 2.27. The van der Waals surface area contributed by atoms with Crippen LogP contribution in [0.5, 0.6) is 0 Å². The van der Waals surface area contributed by atoms with E-state index in [2.05, 4.69) is 31.1 Å². The fraction of sp³-hybridized carbons (Fsp3) is 0.385. The van der Waals surface area contributed by atoms with E-state index >= 15 is 0 Å². The Bertz CT molecular complexity index is 452. The molecule has 0 amide bonds. The van der Waals surface area contributed by atoms with Crippen LogP contribution in [0, 0.1) is 5.41 Å². The van der Waals surface area contributed by atoms with E-state index in [0.29, 0.717) is 0 Å². The lowest BCUT2D eigenvalue weighted by Gasteiger charge is -2.15. The average Bonchev–Trinajstić information content (AvgIpc) is 2.65. The molecule has 0 bridgehead atoms. The van der Waals surface area contributed by atoms with E-state index in [1.165, 1.54) is 0 Å².